The normalized spacial score (nSPS) is 18.0. The first-order valence-electron chi connectivity index (χ1n) is 9.84. The van der Waals surface area contributed by atoms with Crippen molar-refractivity contribution < 1.29 is 13.2 Å². The van der Waals surface area contributed by atoms with Crippen LogP contribution in [-0.4, -0.2) is 43.9 Å². The van der Waals surface area contributed by atoms with Crippen LogP contribution in [0.2, 0.25) is 0 Å². The van der Waals surface area contributed by atoms with Crippen molar-refractivity contribution in [1.82, 2.24) is 10.2 Å². The van der Waals surface area contributed by atoms with Crippen molar-refractivity contribution in [2.24, 2.45) is 4.40 Å². The van der Waals surface area contributed by atoms with Crippen molar-refractivity contribution in [3.05, 3.63) is 58.3 Å². The molecule has 0 aromatic heterocycles. The number of sulfonamides is 1. The van der Waals surface area contributed by atoms with Crippen LogP contribution in [0.5, 0.6) is 0 Å². The van der Waals surface area contributed by atoms with Gasteiger partial charge in [-0.1, -0.05) is 32.9 Å². The Hall–Kier alpha value is -2.41. The van der Waals surface area contributed by atoms with Crippen molar-refractivity contribution >= 4 is 21.8 Å². The maximum atomic E-state index is 12.5. The van der Waals surface area contributed by atoms with E-state index in [0.29, 0.717) is 24.5 Å². The molecule has 0 fully saturated rings. The van der Waals surface area contributed by atoms with Gasteiger partial charge in [0.05, 0.1) is 11.3 Å². The van der Waals surface area contributed by atoms with E-state index >= 15 is 0 Å². The summed E-state index contributed by atoms with van der Waals surface area (Å²) in [6.07, 6.45) is 5.61. The quantitative estimate of drug-likeness (QED) is 0.820. The highest BCUT2D eigenvalue weighted by Gasteiger charge is 2.25. The summed E-state index contributed by atoms with van der Waals surface area (Å²) in [6, 6.07) is 4.48. The number of amidine groups is 1. The molecule has 1 aromatic carbocycles. The third kappa shape index (κ3) is 4.96. The second-order valence-corrected chi connectivity index (χ2v) is 10.4. The van der Waals surface area contributed by atoms with Crippen molar-refractivity contribution in [3.63, 3.8) is 0 Å². The minimum Gasteiger partial charge on any atom is -0.352 e. The number of rotatable bonds is 4. The van der Waals surface area contributed by atoms with E-state index in [-0.39, 0.29) is 17.1 Å². The molecule has 3 rings (SSSR count). The van der Waals surface area contributed by atoms with Crippen LogP contribution < -0.4 is 5.32 Å². The number of benzene rings is 1. The van der Waals surface area contributed by atoms with Crippen LogP contribution in [0.15, 0.2) is 40.5 Å². The second-order valence-electron chi connectivity index (χ2n) is 8.69. The lowest BCUT2D eigenvalue weighted by Crippen LogP contribution is -2.38. The number of amides is 1. The Morgan fingerprint density at radius 1 is 1.17 bits per heavy atom. The minimum absolute atomic E-state index is 0.0428. The van der Waals surface area contributed by atoms with Crippen molar-refractivity contribution in [3.8, 4) is 0 Å². The van der Waals surface area contributed by atoms with Gasteiger partial charge < -0.3 is 10.2 Å². The molecule has 2 aliphatic heterocycles. The third-order valence-electron chi connectivity index (χ3n) is 5.31. The Morgan fingerprint density at radius 3 is 2.45 bits per heavy atom. The van der Waals surface area contributed by atoms with E-state index in [4.69, 9.17) is 0 Å². The number of carbonyl (C=O) groups is 1. The monoisotopic (exact) mass is 415 g/mol. The van der Waals surface area contributed by atoms with Crippen LogP contribution in [0, 0.1) is 13.8 Å². The van der Waals surface area contributed by atoms with Crippen molar-refractivity contribution in [1.29, 1.82) is 0 Å². The fourth-order valence-corrected chi connectivity index (χ4v) is 4.53. The highest BCUT2D eigenvalue weighted by molar-refractivity contribution is 7.90. The van der Waals surface area contributed by atoms with Crippen LogP contribution >= 0.6 is 0 Å². The third-order valence-corrected chi connectivity index (χ3v) is 6.47. The Labute approximate surface area is 173 Å². The number of fused-ring (bicyclic) bond motifs is 1. The summed E-state index contributed by atoms with van der Waals surface area (Å²) in [7, 11) is -3.39. The predicted octanol–water partition coefficient (Wildman–Crippen LogP) is 2.76. The molecular weight excluding hydrogens is 386 g/mol. The molecule has 7 heteroatoms. The average molecular weight is 416 g/mol. The number of hydrogen-bond acceptors (Lipinski definition) is 4. The molecule has 29 heavy (non-hydrogen) atoms. The first-order valence-corrected chi connectivity index (χ1v) is 11.5. The van der Waals surface area contributed by atoms with Crippen LogP contribution in [0.1, 0.15) is 43.0 Å². The van der Waals surface area contributed by atoms with Gasteiger partial charge in [0.25, 0.3) is 15.9 Å². The molecule has 0 spiro atoms. The smallest absolute Gasteiger partial charge is 0.256 e. The molecule has 0 atom stereocenters. The zero-order valence-corrected chi connectivity index (χ0v) is 18.6. The fourth-order valence-electron chi connectivity index (χ4n) is 3.56. The maximum Gasteiger partial charge on any atom is 0.256 e. The fraction of sp³-hybridized carbons (Fsp3) is 0.455. The topological polar surface area (TPSA) is 78.8 Å². The summed E-state index contributed by atoms with van der Waals surface area (Å²) in [4.78, 5) is 14.2. The van der Waals surface area contributed by atoms with Gasteiger partial charge >= 0.3 is 0 Å². The summed E-state index contributed by atoms with van der Waals surface area (Å²) < 4.78 is 26.9. The van der Waals surface area contributed by atoms with Gasteiger partial charge in [-0.2, -0.15) is 0 Å². The van der Waals surface area contributed by atoms with E-state index in [0.717, 1.165) is 6.42 Å². The zero-order valence-electron chi connectivity index (χ0n) is 17.7. The molecule has 0 saturated carbocycles. The summed E-state index contributed by atoms with van der Waals surface area (Å²) in [5, 5.41) is 2.97. The molecule has 1 N–H and O–H groups in total. The molecule has 0 aliphatic carbocycles. The zero-order chi connectivity index (χ0) is 21.4. The number of aryl methyl sites for hydroxylation is 2. The Kier molecular flexibility index (Phi) is 5.72. The molecule has 2 aliphatic rings. The van der Waals surface area contributed by atoms with Gasteiger partial charge in [-0.3, -0.25) is 4.79 Å². The van der Waals surface area contributed by atoms with Gasteiger partial charge in [0.2, 0.25) is 0 Å². The maximum absolute atomic E-state index is 12.5. The molecule has 0 unspecified atom stereocenters. The average Bonchev–Trinajstić information content (AvgIpc) is 2.61. The Morgan fingerprint density at radius 2 is 1.83 bits per heavy atom. The van der Waals surface area contributed by atoms with Crippen molar-refractivity contribution in [2.45, 2.75) is 46.5 Å². The van der Waals surface area contributed by atoms with E-state index in [2.05, 4.69) is 56.5 Å². The summed E-state index contributed by atoms with van der Waals surface area (Å²) in [5.41, 5.74) is 5.69. The molecule has 156 valence electrons. The van der Waals surface area contributed by atoms with E-state index in [9.17, 15) is 13.2 Å². The van der Waals surface area contributed by atoms with Gasteiger partial charge in [0.1, 0.15) is 5.84 Å². The molecule has 0 bridgehead atoms. The number of hydrogen-bond donors (Lipinski definition) is 1. The van der Waals surface area contributed by atoms with Gasteiger partial charge in [-0.25, -0.2) is 8.42 Å². The van der Waals surface area contributed by atoms with Crippen molar-refractivity contribution in [2.75, 3.05) is 18.8 Å². The van der Waals surface area contributed by atoms with Crippen LogP contribution in [0.4, 0.5) is 0 Å². The summed E-state index contributed by atoms with van der Waals surface area (Å²) in [6.45, 7) is 11.7. The van der Waals surface area contributed by atoms with E-state index in [1.807, 2.05) is 0 Å². The Bertz CT molecular complexity index is 1000. The predicted molar refractivity (Wildman–Crippen MR) is 116 cm³/mol. The molecule has 0 radical (unpaired) electrons. The molecular formula is C22H29N3O3S. The number of nitrogens with zero attached hydrogens (tertiary/aromatic N) is 2. The summed E-state index contributed by atoms with van der Waals surface area (Å²) >= 11 is 0. The molecule has 1 aromatic rings. The first-order chi connectivity index (χ1) is 13.5. The standard InChI is InChI=1S/C22H29N3O3S/c1-15-12-18(22(3,4)5)13-16(2)19(15)8-9-23-21(26)17-6-7-20-24-29(27,28)11-10-25(20)14-17/h6-7,12-14H,8-11H2,1-5H3,(H,23,26). The molecule has 1 amide bonds. The van der Waals surface area contributed by atoms with Crippen LogP contribution in [0.25, 0.3) is 0 Å². The lowest BCUT2D eigenvalue weighted by atomic mass is 9.83. The number of nitrogens with one attached hydrogen (secondary N) is 1. The lowest BCUT2D eigenvalue weighted by molar-refractivity contribution is -0.117. The SMILES string of the molecule is Cc1cc(C(C)(C)C)cc(C)c1CCNC(=O)C1=CN2CCS(=O)(=O)N=C2C=C1. The first kappa shape index (κ1) is 21.3. The second kappa shape index (κ2) is 7.78. The highest BCUT2D eigenvalue weighted by Crippen LogP contribution is 2.27. The molecule has 6 nitrogen and oxygen atoms in total. The van der Waals surface area contributed by atoms with Gasteiger partial charge in [-0.05, 0) is 60.1 Å². The van der Waals surface area contributed by atoms with Crippen LogP contribution in [0.3, 0.4) is 0 Å². The van der Waals surface area contributed by atoms with Gasteiger partial charge in [-0.15, -0.1) is 4.40 Å². The highest BCUT2D eigenvalue weighted by atomic mass is 32.2. The molecule has 0 saturated heterocycles. The Balaban J connectivity index is 1.63. The van der Waals surface area contributed by atoms with Gasteiger partial charge in [0, 0.05) is 19.3 Å². The van der Waals surface area contributed by atoms with Crippen LogP contribution in [-0.2, 0) is 26.7 Å². The van der Waals surface area contributed by atoms with E-state index < -0.39 is 10.0 Å². The largest absolute Gasteiger partial charge is 0.352 e. The number of carbonyl (C=O) groups excluding carboxylic acids is 1. The van der Waals surface area contributed by atoms with Gasteiger partial charge in [0.15, 0.2) is 0 Å². The van der Waals surface area contributed by atoms with E-state index in [1.165, 1.54) is 22.3 Å². The minimum atomic E-state index is -3.39. The van der Waals surface area contributed by atoms with E-state index in [1.54, 1.807) is 23.3 Å². The lowest BCUT2D eigenvalue weighted by Gasteiger charge is -2.27. The molecule has 2 heterocycles. The summed E-state index contributed by atoms with van der Waals surface area (Å²) in [5.74, 6) is 0.145.